The second kappa shape index (κ2) is 6.10. The molecule has 3 aromatic rings. The third-order valence-corrected chi connectivity index (χ3v) is 3.77. The van der Waals surface area contributed by atoms with Crippen LogP contribution in [0.2, 0.25) is 0 Å². The Morgan fingerprint density at radius 2 is 2.14 bits per heavy atom. The van der Waals surface area contributed by atoms with E-state index in [0.29, 0.717) is 0 Å². The van der Waals surface area contributed by atoms with Crippen LogP contribution < -0.4 is 5.32 Å². The fourth-order valence-electron chi connectivity index (χ4n) is 2.66. The van der Waals surface area contributed by atoms with Gasteiger partial charge < -0.3 is 9.73 Å². The summed E-state index contributed by atoms with van der Waals surface area (Å²) in [6.45, 7) is 5.16. The first-order valence-electron chi connectivity index (χ1n) is 7.41. The number of aryl methyl sites for hydroxylation is 1. The van der Waals surface area contributed by atoms with E-state index in [1.165, 1.54) is 16.5 Å². The minimum atomic E-state index is 0.160. The van der Waals surface area contributed by atoms with Gasteiger partial charge in [0, 0.05) is 17.1 Å². The molecule has 0 saturated carbocycles. The maximum Gasteiger partial charge on any atom is 0.105 e. The highest BCUT2D eigenvalue weighted by Crippen LogP contribution is 2.27. The minimum absolute atomic E-state index is 0.160. The number of fused-ring (bicyclic) bond motifs is 1. The number of hydrogen-bond donors (Lipinski definition) is 1. The topological polar surface area (TPSA) is 38.1 Å². The van der Waals surface area contributed by atoms with Crippen LogP contribution in [-0.4, -0.2) is 11.5 Å². The Morgan fingerprint density at radius 3 is 2.90 bits per heavy atom. The lowest BCUT2D eigenvalue weighted by Gasteiger charge is -2.19. The van der Waals surface area contributed by atoms with Gasteiger partial charge in [-0.05, 0) is 49.7 Å². The molecule has 108 valence electrons. The quantitative estimate of drug-likeness (QED) is 0.760. The summed E-state index contributed by atoms with van der Waals surface area (Å²) in [7, 11) is 0. The maximum absolute atomic E-state index is 5.48. The van der Waals surface area contributed by atoms with Crippen molar-refractivity contribution in [3.63, 3.8) is 0 Å². The molecule has 0 aliphatic rings. The molecule has 1 atom stereocenters. The second-order valence-electron chi connectivity index (χ2n) is 5.27. The van der Waals surface area contributed by atoms with Crippen molar-refractivity contribution in [1.29, 1.82) is 0 Å². The Balaban J connectivity index is 2.03. The van der Waals surface area contributed by atoms with E-state index >= 15 is 0 Å². The van der Waals surface area contributed by atoms with Crippen molar-refractivity contribution in [2.75, 3.05) is 6.54 Å². The highest BCUT2D eigenvalue weighted by molar-refractivity contribution is 5.79. The summed E-state index contributed by atoms with van der Waals surface area (Å²) in [6, 6.07) is 12.7. The molecule has 3 rings (SSSR count). The van der Waals surface area contributed by atoms with Gasteiger partial charge in [0.1, 0.15) is 5.76 Å². The van der Waals surface area contributed by atoms with Crippen LogP contribution in [0.3, 0.4) is 0 Å². The van der Waals surface area contributed by atoms with Gasteiger partial charge in [0.2, 0.25) is 0 Å². The lowest BCUT2D eigenvalue weighted by atomic mass is 9.97. The van der Waals surface area contributed by atoms with Crippen LogP contribution in [0, 0.1) is 6.92 Å². The molecule has 3 nitrogen and oxygen atoms in total. The van der Waals surface area contributed by atoms with Crippen LogP contribution in [0.1, 0.15) is 36.3 Å². The molecular weight excluding hydrogens is 260 g/mol. The van der Waals surface area contributed by atoms with E-state index in [9.17, 15) is 0 Å². The van der Waals surface area contributed by atoms with Gasteiger partial charge in [-0.25, -0.2) is 0 Å². The summed E-state index contributed by atoms with van der Waals surface area (Å²) in [4.78, 5) is 4.39. The Morgan fingerprint density at radius 1 is 1.24 bits per heavy atom. The van der Waals surface area contributed by atoms with Crippen molar-refractivity contribution >= 4 is 10.9 Å². The van der Waals surface area contributed by atoms with Gasteiger partial charge in [0.05, 0.1) is 17.8 Å². The van der Waals surface area contributed by atoms with Crippen molar-refractivity contribution in [2.45, 2.75) is 26.3 Å². The van der Waals surface area contributed by atoms with E-state index in [1.807, 2.05) is 19.2 Å². The van der Waals surface area contributed by atoms with Crippen molar-refractivity contribution in [1.82, 2.24) is 10.3 Å². The molecule has 0 radical (unpaired) electrons. The molecule has 0 spiro atoms. The number of aromatic nitrogens is 1. The summed E-state index contributed by atoms with van der Waals surface area (Å²) >= 11 is 0. The molecule has 2 aromatic heterocycles. The highest BCUT2D eigenvalue weighted by atomic mass is 16.3. The molecule has 21 heavy (non-hydrogen) atoms. The predicted molar refractivity (Wildman–Crippen MR) is 85.3 cm³/mol. The summed E-state index contributed by atoms with van der Waals surface area (Å²) in [5, 5.41) is 4.78. The normalized spacial score (nSPS) is 12.7. The van der Waals surface area contributed by atoms with E-state index < -0.39 is 0 Å². The van der Waals surface area contributed by atoms with Gasteiger partial charge in [0.15, 0.2) is 0 Å². The first kappa shape index (κ1) is 13.8. The van der Waals surface area contributed by atoms with Crippen LogP contribution in [0.25, 0.3) is 10.9 Å². The molecule has 0 aliphatic heterocycles. The van der Waals surface area contributed by atoms with Crippen molar-refractivity contribution in [2.24, 2.45) is 0 Å². The molecule has 0 bridgehead atoms. The Bertz CT molecular complexity index is 733. The first-order chi connectivity index (χ1) is 10.3. The third-order valence-electron chi connectivity index (χ3n) is 3.77. The van der Waals surface area contributed by atoms with Crippen LogP contribution in [0.4, 0.5) is 0 Å². The standard InChI is InChI=1S/C18H20N2O/c1-3-9-20-18(16-8-11-21-13(16)2)15-6-7-17-14(12-15)5-4-10-19-17/h4-8,10-12,18,20H,3,9H2,1-2H3. The average molecular weight is 280 g/mol. The van der Waals surface area contributed by atoms with E-state index in [1.54, 1.807) is 6.26 Å². The van der Waals surface area contributed by atoms with Gasteiger partial charge in [-0.2, -0.15) is 0 Å². The van der Waals surface area contributed by atoms with Crippen LogP contribution >= 0.6 is 0 Å². The molecule has 1 N–H and O–H groups in total. The van der Waals surface area contributed by atoms with Crippen molar-refractivity contribution in [3.8, 4) is 0 Å². The van der Waals surface area contributed by atoms with Gasteiger partial charge in [-0.15, -0.1) is 0 Å². The largest absolute Gasteiger partial charge is 0.469 e. The number of rotatable bonds is 5. The molecule has 0 saturated heterocycles. The molecule has 0 aliphatic carbocycles. The minimum Gasteiger partial charge on any atom is -0.469 e. The zero-order valence-corrected chi connectivity index (χ0v) is 12.5. The summed E-state index contributed by atoms with van der Waals surface area (Å²) < 4.78 is 5.48. The zero-order chi connectivity index (χ0) is 14.7. The van der Waals surface area contributed by atoms with E-state index in [-0.39, 0.29) is 6.04 Å². The zero-order valence-electron chi connectivity index (χ0n) is 12.5. The number of nitrogens with one attached hydrogen (secondary N) is 1. The van der Waals surface area contributed by atoms with Gasteiger partial charge in [0.25, 0.3) is 0 Å². The number of nitrogens with zero attached hydrogens (tertiary/aromatic N) is 1. The third kappa shape index (κ3) is 2.83. The van der Waals surface area contributed by atoms with E-state index in [2.05, 4.69) is 47.6 Å². The van der Waals surface area contributed by atoms with Crippen LogP contribution in [-0.2, 0) is 0 Å². The number of hydrogen-bond acceptors (Lipinski definition) is 3. The molecule has 3 heteroatoms. The maximum atomic E-state index is 5.48. The Labute approximate surface area is 125 Å². The predicted octanol–water partition coefficient (Wildman–Crippen LogP) is 4.23. The van der Waals surface area contributed by atoms with Crippen LogP contribution in [0.5, 0.6) is 0 Å². The lowest BCUT2D eigenvalue weighted by Crippen LogP contribution is -2.23. The second-order valence-corrected chi connectivity index (χ2v) is 5.27. The molecule has 2 heterocycles. The number of benzene rings is 1. The first-order valence-corrected chi connectivity index (χ1v) is 7.41. The van der Waals surface area contributed by atoms with Gasteiger partial charge in [-0.3, -0.25) is 4.98 Å². The molecule has 0 amide bonds. The SMILES string of the molecule is CCCNC(c1ccc2ncccc2c1)c1ccoc1C. The highest BCUT2D eigenvalue weighted by Gasteiger charge is 2.17. The fourth-order valence-corrected chi connectivity index (χ4v) is 2.66. The summed E-state index contributed by atoms with van der Waals surface area (Å²) in [6.07, 6.45) is 4.69. The monoisotopic (exact) mass is 280 g/mol. The molecular formula is C18H20N2O. The van der Waals surface area contributed by atoms with Crippen LogP contribution in [0.15, 0.2) is 53.3 Å². The molecule has 1 aromatic carbocycles. The number of pyridine rings is 1. The molecule has 1 unspecified atom stereocenters. The Kier molecular flexibility index (Phi) is 4.02. The van der Waals surface area contributed by atoms with Crippen molar-refractivity contribution < 1.29 is 4.42 Å². The fraction of sp³-hybridized carbons (Fsp3) is 0.278. The van der Waals surface area contributed by atoms with Gasteiger partial charge in [-0.1, -0.05) is 19.1 Å². The van der Waals surface area contributed by atoms with E-state index in [4.69, 9.17) is 4.42 Å². The number of furan rings is 1. The molecule has 0 fully saturated rings. The smallest absolute Gasteiger partial charge is 0.105 e. The summed E-state index contributed by atoms with van der Waals surface area (Å²) in [5.41, 5.74) is 3.47. The van der Waals surface area contributed by atoms with Crippen molar-refractivity contribution in [3.05, 3.63) is 65.7 Å². The van der Waals surface area contributed by atoms with E-state index in [0.717, 1.165) is 24.2 Å². The average Bonchev–Trinajstić information content (AvgIpc) is 2.94. The van der Waals surface area contributed by atoms with Gasteiger partial charge >= 0.3 is 0 Å². The Hall–Kier alpha value is -2.13. The lowest BCUT2D eigenvalue weighted by molar-refractivity contribution is 0.517. The summed E-state index contributed by atoms with van der Waals surface area (Å²) in [5.74, 6) is 0.967.